The molecular formula is C13H20N2. The van der Waals surface area contributed by atoms with Crippen LogP contribution >= 0.6 is 0 Å². The van der Waals surface area contributed by atoms with E-state index in [4.69, 9.17) is 11.8 Å². The van der Waals surface area contributed by atoms with E-state index in [1.165, 1.54) is 37.9 Å². The summed E-state index contributed by atoms with van der Waals surface area (Å²) in [6.45, 7) is 10.3. The molecule has 0 saturated heterocycles. The lowest BCUT2D eigenvalue weighted by atomic mass is 10.2. The predicted molar refractivity (Wildman–Crippen MR) is 60.5 cm³/mol. The summed E-state index contributed by atoms with van der Waals surface area (Å²) in [6, 6.07) is 6.37. The van der Waals surface area contributed by atoms with Gasteiger partial charge in [0.25, 0.3) is 0 Å². The molecule has 0 aliphatic carbocycles. The highest BCUT2D eigenvalue weighted by Crippen LogP contribution is 1.99. The molecule has 0 aliphatic heterocycles. The number of nitrogens with zero attached hydrogens (tertiary/aromatic N) is 2. The van der Waals surface area contributed by atoms with Crippen LogP contribution in [0.3, 0.4) is 0 Å². The number of aromatic nitrogens is 1. The van der Waals surface area contributed by atoms with E-state index < -0.39 is 0 Å². The molecule has 0 unspecified atom stereocenters. The monoisotopic (exact) mass is 204 g/mol. The summed E-state index contributed by atoms with van der Waals surface area (Å²) in [5.41, 5.74) is 1.36. The van der Waals surface area contributed by atoms with Crippen LogP contribution in [0.2, 0.25) is 0 Å². The first-order chi connectivity index (χ1) is 7.34. The average molecular weight is 204 g/mol. The van der Waals surface area contributed by atoms with Crippen LogP contribution in [0, 0.1) is 18.8 Å². The second-order valence-electron chi connectivity index (χ2n) is 3.60. The fourth-order valence-electron chi connectivity index (χ4n) is 1.52. The van der Waals surface area contributed by atoms with Crippen molar-refractivity contribution in [1.29, 1.82) is 5.26 Å². The van der Waals surface area contributed by atoms with Crippen molar-refractivity contribution in [3.05, 3.63) is 36.7 Å². The second kappa shape index (κ2) is 9.21. The molecule has 0 aliphatic rings. The Balaban J connectivity index is 0.000000921. The Kier molecular flexibility index (Phi) is 8.37. The molecule has 15 heavy (non-hydrogen) atoms. The van der Waals surface area contributed by atoms with E-state index in [2.05, 4.69) is 42.8 Å². The molecule has 1 heterocycles. The molecule has 1 aromatic rings. The standard InChI is InChI=1S/C12H20N.CN/c1-3-4-5-7-10-13-11-8-6-9-12(13)2;1-2/h6,8-9,11H,3-5,7,10H2,1-2H3;/q+1;-1. The Labute approximate surface area is 93.2 Å². The summed E-state index contributed by atoms with van der Waals surface area (Å²) in [6.07, 6.45) is 7.52. The van der Waals surface area contributed by atoms with Gasteiger partial charge in [-0.05, 0) is 6.42 Å². The van der Waals surface area contributed by atoms with Crippen LogP contribution in [0.15, 0.2) is 24.4 Å². The first-order valence-electron chi connectivity index (χ1n) is 5.52. The van der Waals surface area contributed by atoms with Gasteiger partial charge < -0.3 is 11.8 Å². The molecule has 1 rings (SSSR count). The topological polar surface area (TPSA) is 27.7 Å². The van der Waals surface area contributed by atoms with Gasteiger partial charge >= 0.3 is 0 Å². The van der Waals surface area contributed by atoms with Gasteiger partial charge in [0.15, 0.2) is 11.9 Å². The van der Waals surface area contributed by atoms with Gasteiger partial charge in [0.2, 0.25) is 0 Å². The molecular weight excluding hydrogens is 184 g/mol. The van der Waals surface area contributed by atoms with Gasteiger partial charge in [-0.15, -0.1) is 0 Å². The minimum absolute atomic E-state index is 1.17. The third kappa shape index (κ3) is 5.85. The van der Waals surface area contributed by atoms with Crippen LogP contribution in [-0.4, -0.2) is 0 Å². The molecule has 0 spiro atoms. The largest absolute Gasteiger partial charge is 0.512 e. The van der Waals surface area contributed by atoms with Gasteiger partial charge in [-0.1, -0.05) is 25.8 Å². The molecule has 0 aromatic carbocycles. The molecule has 2 nitrogen and oxygen atoms in total. The summed E-state index contributed by atoms with van der Waals surface area (Å²) < 4.78 is 2.33. The van der Waals surface area contributed by atoms with Crippen molar-refractivity contribution in [2.75, 3.05) is 0 Å². The van der Waals surface area contributed by atoms with Crippen LogP contribution in [0.1, 0.15) is 38.3 Å². The molecule has 0 atom stereocenters. The Morgan fingerprint density at radius 1 is 1.20 bits per heavy atom. The summed E-state index contributed by atoms with van der Waals surface area (Å²) in [7, 11) is 0. The van der Waals surface area contributed by atoms with Crippen molar-refractivity contribution in [2.24, 2.45) is 0 Å². The molecule has 0 radical (unpaired) electrons. The molecule has 1 aromatic heterocycles. The smallest absolute Gasteiger partial charge is 0.178 e. The Bertz CT molecular complexity index is 279. The summed E-state index contributed by atoms with van der Waals surface area (Å²) in [5.74, 6) is 0. The number of hydrogen-bond donors (Lipinski definition) is 0. The van der Waals surface area contributed by atoms with E-state index in [1.54, 1.807) is 0 Å². The lowest BCUT2D eigenvalue weighted by Gasteiger charge is -1.99. The predicted octanol–water partition coefficient (Wildman–Crippen LogP) is 2.96. The zero-order chi connectivity index (χ0) is 11.5. The van der Waals surface area contributed by atoms with Gasteiger partial charge in [0.05, 0.1) is 0 Å². The maximum Gasteiger partial charge on any atom is 0.178 e. The number of pyridine rings is 1. The van der Waals surface area contributed by atoms with Gasteiger partial charge in [0.1, 0.15) is 6.54 Å². The zero-order valence-corrected chi connectivity index (χ0v) is 9.74. The van der Waals surface area contributed by atoms with Crippen molar-refractivity contribution in [2.45, 2.75) is 46.1 Å². The average Bonchev–Trinajstić information content (AvgIpc) is 2.29. The fraction of sp³-hybridized carbons (Fsp3) is 0.538. The maximum atomic E-state index is 6.25. The minimum atomic E-state index is 1.17. The fourth-order valence-corrected chi connectivity index (χ4v) is 1.52. The van der Waals surface area contributed by atoms with Crippen molar-refractivity contribution < 1.29 is 4.57 Å². The highest BCUT2D eigenvalue weighted by atomic mass is 14.9. The molecule has 0 saturated carbocycles. The first-order valence-corrected chi connectivity index (χ1v) is 5.52. The van der Waals surface area contributed by atoms with Gasteiger partial charge in [-0.3, -0.25) is 0 Å². The quantitative estimate of drug-likeness (QED) is 0.411. The van der Waals surface area contributed by atoms with Gasteiger partial charge in [-0.2, -0.15) is 0 Å². The molecule has 82 valence electrons. The van der Waals surface area contributed by atoms with Gasteiger partial charge in [-0.25, -0.2) is 4.57 Å². The Hall–Kier alpha value is -1.36. The van der Waals surface area contributed by atoms with Crippen LogP contribution < -0.4 is 4.57 Å². The van der Waals surface area contributed by atoms with E-state index in [1.807, 2.05) is 0 Å². The van der Waals surface area contributed by atoms with Crippen LogP contribution in [0.5, 0.6) is 0 Å². The van der Waals surface area contributed by atoms with E-state index in [0.717, 1.165) is 0 Å². The molecule has 0 bridgehead atoms. The van der Waals surface area contributed by atoms with E-state index in [-0.39, 0.29) is 0 Å². The van der Waals surface area contributed by atoms with Crippen molar-refractivity contribution in [1.82, 2.24) is 0 Å². The summed E-state index contributed by atoms with van der Waals surface area (Å²) >= 11 is 0. The maximum absolute atomic E-state index is 6.25. The minimum Gasteiger partial charge on any atom is -0.512 e. The molecule has 2 heteroatoms. The lowest BCUT2D eigenvalue weighted by Crippen LogP contribution is -2.36. The third-order valence-electron chi connectivity index (χ3n) is 2.42. The van der Waals surface area contributed by atoms with E-state index >= 15 is 0 Å². The normalized spacial score (nSPS) is 9.07. The third-order valence-corrected chi connectivity index (χ3v) is 2.42. The SMILES string of the molecule is CCCCCC[n+]1ccccc1C.[C-]#N. The molecule has 0 N–H and O–H groups in total. The first kappa shape index (κ1) is 13.6. The Morgan fingerprint density at radius 2 is 1.93 bits per heavy atom. The number of hydrogen-bond acceptors (Lipinski definition) is 1. The number of aryl methyl sites for hydroxylation is 2. The lowest BCUT2D eigenvalue weighted by molar-refractivity contribution is -0.703. The summed E-state index contributed by atoms with van der Waals surface area (Å²) in [5, 5.41) is 6.25. The zero-order valence-electron chi connectivity index (χ0n) is 9.74. The van der Waals surface area contributed by atoms with E-state index in [9.17, 15) is 0 Å². The number of unbranched alkanes of at least 4 members (excludes halogenated alkanes) is 3. The van der Waals surface area contributed by atoms with E-state index in [0.29, 0.717) is 0 Å². The van der Waals surface area contributed by atoms with Gasteiger partial charge in [0, 0.05) is 25.5 Å². The second-order valence-corrected chi connectivity index (χ2v) is 3.60. The summed E-state index contributed by atoms with van der Waals surface area (Å²) in [4.78, 5) is 0. The van der Waals surface area contributed by atoms with Crippen molar-refractivity contribution in [3.8, 4) is 0 Å². The number of rotatable bonds is 5. The van der Waals surface area contributed by atoms with Crippen molar-refractivity contribution in [3.63, 3.8) is 0 Å². The molecule has 0 fully saturated rings. The molecule has 0 amide bonds. The Morgan fingerprint density at radius 3 is 2.53 bits per heavy atom. The van der Waals surface area contributed by atoms with Crippen molar-refractivity contribution >= 4 is 0 Å². The van der Waals surface area contributed by atoms with Crippen LogP contribution in [0.25, 0.3) is 0 Å². The highest BCUT2D eigenvalue weighted by molar-refractivity contribution is 4.93. The van der Waals surface area contributed by atoms with Crippen LogP contribution in [-0.2, 0) is 6.54 Å². The highest BCUT2D eigenvalue weighted by Gasteiger charge is 2.02. The van der Waals surface area contributed by atoms with Crippen LogP contribution in [0.4, 0.5) is 0 Å².